The number of fused-ring (bicyclic) bond motifs is 1. The van der Waals surface area contributed by atoms with E-state index in [1.807, 2.05) is 11.8 Å². The minimum atomic E-state index is -0.328. The van der Waals surface area contributed by atoms with Crippen LogP contribution in [0, 0.1) is 5.82 Å². The molecule has 0 saturated carbocycles. The van der Waals surface area contributed by atoms with Gasteiger partial charge < -0.3 is 10.6 Å². The van der Waals surface area contributed by atoms with Crippen LogP contribution in [0.25, 0.3) is 5.65 Å². The number of anilines is 1. The van der Waals surface area contributed by atoms with Crippen LogP contribution in [-0.2, 0) is 0 Å². The van der Waals surface area contributed by atoms with Crippen molar-refractivity contribution in [2.24, 2.45) is 5.73 Å². The van der Waals surface area contributed by atoms with E-state index in [2.05, 4.69) is 10.1 Å². The van der Waals surface area contributed by atoms with Crippen molar-refractivity contribution in [1.82, 2.24) is 14.6 Å². The number of hydrogen-bond acceptors (Lipinski definition) is 4. The molecule has 6 heteroatoms. The van der Waals surface area contributed by atoms with E-state index in [9.17, 15) is 4.39 Å². The summed E-state index contributed by atoms with van der Waals surface area (Å²) < 4.78 is 14.4. The summed E-state index contributed by atoms with van der Waals surface area (Å²) in [6.07, 6.45) is 1.31. The third-order valence-corrected chi connectivity index (χ3v) is 2.35. The maximum atomic E-state index is 13.0. The summed E-state index contributed by atoms with van der Waals surface area (Å²) in [6.45, 7) is 4.01. The number of aromatic nitrogens is 3. The minimum Gasteiger partial charge on any atom is -0.339 e. The molecule has 2 aromatic heterocycles. The summed E-state index contributed by atoms with van der Waals surface area (Å²) in [5, 5.41) is 4.20. The largest absolute Gasteiger partial charge is 0.339 e. The van der Waals surface area contributed by atoms with Gasteiger partial charge in [0.15, 0.2) is 5.65 Å². The Morgan fingerprint density at radius 3 is 3.00 bits per heavy atom. The van der Waals surface area contributed by atoms with E-state index in [-0.39, 0.29) is 5.82 Å². The first-order valence-electron chi connectivity index (χ1n) is 5.21. The lowest BCUT2D eigenvalue weighted by atomic mass is 10.5. The molecule has 0 amide bonds. The van der Waals surface area contributed by atoms with Crippen molar-refractivity contribution in [2.45, 2.75) is 6.92 Å². The zero-order valence-corrected chi connectivity index (χ0v) is 9.10. The average Bonchev–Trinajstić information content (AvgIpc) is 2.68. The molecule has 0 saturated heterocycles. The summed E-state index contributed by atoms with van der Waals surface area (Å²) in [4.78, 5) is 6.25. The van der Waals surface area contributed by atoms with Gasteiger partial charge in [-0.15, -0.1) is 5.10 Å². The van der Waals surface area contributed by atoms with Crippen LogP contribution >= 0.6 is 0 Å². The number of halogens is 1. The second kappa shape index (κ2) is 4.44. The first-order chi connectivity index (χ1) is 7.74. The van der Waals surface area contributed by atoms with E-state index in [1.54, 1.807) is 6.07 Å². The van der Waals surface area contributed by atoms with E-state index in [4.69, 9.17) is 5.73 Å². The lowest BCUT2D eigenvalue weighted by molar-refractivity contribution is 0.614. The normalized spacial score (nSPS) is 10.9. The highest BCUT2D eigenvalue weighted by Gasteiger charge is 2.10. The molecule has 0 aliphatic heterocycles. The lowest BCUT2D eigenvalue weighted by Gasteiger charge is -2.16. The van der Waals surface area contributed by atoms with Gasteiger partial charge in [-0.25, -0.2) is 8.91 Å². The first-order valence-corrected chi connectivity index (χ1v) is 5.21. The summed E-state index contributed by atoms with van der Waals surface area (Å²) in [5.41, 5.74) is 6.13. The quantitative estimate of drug-likeness (QED) is 0.827. The van der Waals surface area contributed by atoms with E-state index in [0.717, 1.165) is 6.54 Å². The van der Waals surface area contributed by atoms with Gasteiger partial charge in [-0.3, -0.25) is 0 Å². The second-order valence-electron chi connectivity index (χ2n) is 3.43. The molecule has 0 aromatic carbocycles. The maximum Gasteiger partial charge on any atom is 0.245 e. The van der Waals surface area contributed by atoms with Crippen LogP contribution in [0.4, 0.5) is 10.3 Å². The molecule has 0 atom stereocenters. The number of likely N-dealkylation sites (N-methyl/N-ethyl adjacent to an activating group) is 1. The molecule has 0 radical (unpaired) electrons. The van der Waals surface area contributed by atoms with Crippen LogP contribution in [0.3, 0.4) is 0 Å². The number of hydrogen-bond donors (Lipinski definition) is 1. The summed E-state index contributed by atoms with van der Waals surface area (Å²) in [6, 6.07) is 2.97. The second-order valence-corrected chi connectivity index (χ2v) is 3.43. The van der Waals surface area contributed by atoms with Gasteiger partial charge in [-0.2, -0.15) is 4.98 Å². The first kappa shape index (κ1) is 10.8. The van der Waals surface area contributed by atoms with Gasteiger partial charge in [0.1, 0.15) is 5.82 Å². The predicted octanol–water partition coefficient (Wildman–Crippen LogP) is 0.653. The van der Waals surface area contributed by atoms with Gasteiger partial charge in [0, 0.05) is 19.6 Å². The van der Waals surface area contributed by atoms with Crippen LogP contribution in [0.5, 0.6) is 0 Å². The van der Waals surface area contributed by atoms with Crippen molar-refractivity contribution in [3.8, 4) is 0 Å². The monoisotopic (exact) mass is 223 g/mol. The van der Waals surface area contributed by atoms with Gasteiger partial charge >= 0.3 is 0 Å². The summed E-state index contributed by atoms with van der Waals surface area (Å²) >= 11 is 0. The van der Waals surface area contributed by atoms with E-state index >= 15 is 0 Å². The SMILES string of the molecule is CCN(CCN)c1nc2ccc(F)cn2n1. The fraction of sp³-hybridized carbons (Fsp3) is 0.400. The molecular weight excluding hydrogens is 209 g/mol. The van der Waals surface area contributed by atoms with Crippen LogP contribution < -0.4 is 10.6 Å². The average molecular weight is 223 g/mol. The van der Waals surface area contributed by atoms with Crippen molar-refractivity contribution in [3.63, 3.8) is 0 Å². The Morgan fingerprint density at radius 2 is 2.31 bits per heavy atom. The molecule has 5 nitrogen and oxygen atoms in total. The molecule has 2 heterocycles. The summed E-state index contributed by atoms with van der Waals surface area (Å²) in [7, 11) is 0. The summed E-state index contributed by atoms with van der Waals surface area (Å²) in [5.74, 6) is 0.254. The van der Waals surface area contributed by atoms with Crippen molar-refractivity contribution < 1.29 is 4.39 Å². The maximum absolute atomic E-state index is 13.0. The molecule has 2 N–H and O–H groups in total. The van der Waals surface area contributed by atoms with E-state index in [1.165, 1.54) is 16.8 Å². The third-order valence-electron chi connectivity index (χ3n) is 2.35. The predicted molar refractivity (Wildman–Crippen MR) is 59.9 cm³/mol. The Kier molecular flexibility index (Phi) is 3.00. The van der Waals surface area contributed by atoms with Gasteiger partial charge in [0.05, 0.1) is 6.20 Å². The van der Waals surface area contributed by atoms with Crippen molar-refractivity contribution in [2.75, 3.05) is 24.5 Å². The molecule has 16 heavy (non-hydrogen) atoms. The standard InChI is InChI=1S/C10H14FN5/c1-2-15(6-5-12)10-13-9-4-3-8(11)7-16(9)14-10/h3-4,7H,2,5-6,12H2,1H3. The number of pyridine rings is 1. The van der Waals surface area contributed by atoms with Crippen LogP contribution in [0.2, 0.25) is 0 Å². The van der Waals surface area contributed by atoms with Gasteiger partial charge in [0.2, 0.25) is 5.95 Å². The fourth-order valence-corrected chi connectivity index (χ4v) is 1.54. The van der Waals surface area contributed by atoms with Crippen molar-refractivity contribution >= 4 is 11.6 Å². The zero-order chi connectivity index (χ0) is 11.5. The number of nitrogens with zero attached hydrogens (tertiary/aromatic N) is 4. The Balaban J connectivity index is 2.37. The highest BCUT2D eigenvalue weighted by molar-refractivity contribution is 5.44. The Hall–Kier alpha value is -1.69. The molecule has 0 spiro atoms. The van der Waals surface area contributed by atoms with E-state index in [0.29, 0.717) is 24.7 Å². The Bertz CT molecular complexity index is 481. The van der Waals surface area contributed by atoms with Crippen LogP contribution in [0.1, 0.15) is 6.92 Å². The van der Waals surface area contributed by atoms with Crippen LogP contribution in [-0.4, -0.2) is 34.2 Å². The fourth-order valence-electron chi connectivity index (χ4n) is 1.54. The smallest absolute Gasteiger partial charge is 0.245 e. The zero-order valence-electron chi connectivity index (χ0n) is 9.10. The lowest BCUT2D eigenvalue weighted by Crippen LogP contribution is -2.30. The molecule has 0 aliphatic carbocycles. The topological polar surface area (TPSA) is 59.5 Å². The molecule has 0 unspecified atom stereocenters. The highest BCUT2D eigenvalue weighted by atomic mass is 19.1. The Morgan fingerprint density at radius 1 is 1.50 bits per heavy atom. The number of rotatable bonds is 4. The van der Waals surface area contributed by atoms with Crippen LogP contribution in [0.15, 0.2) is 18.3 Å². The van der Waals surface area contributed by atoms with Gasteiger partial charge in [0.25, 0.3) is 0 Å². The molecule has 0 fully saturated rings. The van der Waals surface area contributed by atoms with Crippen molar-refractivity contribution in [3.05, 3.63) is 24.1 Å². The van der Waals surface area contributed by atoms with Crippen molar-refractivity contribution in [1.29, 1.82) is 0 Å². The van der Waals surface area contributed by atoms with E-state index < -0.39 is 0 Å². The molecular formula is C10H14FN5. The Labute approximate surface area is 92.7 Å². The minimum absolute atomic E-state index is 0.328. The molecule has 2 rings (SSSR count). The molecule has 0 aliphatic rings. The molecule has 2 aromatic rings. The number of nitrogens with two attached hydrogens (primary N) is 1. The van der Waals surface area contributed by atoms with Gasteiger partial charge in [-0.05, 0) is 19.1 Å². The highest BCUT2D eigenvalue weighted by Crippen LogP contribution is 2.10. The molecule has 86 valence electrons. The third kappa shape index (κ3) is 1.96. The molecule has 0 bridgehead atoms. The van der Waals surface area contributed by atoms with Gasteiger partial charge in [-0.1, -0.05) is 0 Å².